The van der Waals surface area contributed by atoms with Crippen molar-refractivity contribution < 1.29 is 31.5 Å². The van der Waals surface area contributed by atoms with Crippen LogP contribution in [0.1, 0.15) is 12.8 Å². The summed E-state index contributed by atoms with van der Waals surface area (Å²) in [5.41, 5.74) is 0.702. The van der Waals surface area contributed by atoms with E-state index in [-0.39, 0.29) is 11.9 Å². The zero-order valence-electron chi connectivity index (χ0n) is 13.4. The molecule has 0 saturated carbocycles. The first-order chi connectivity index (χ1) is 11.8. The third kappa shape index (κ3) is 5.84. The topological polar surface area (TPSA) is 41.6 Å². The Morgan fingerprint density at radius 3 is 2.64 bits per heavy atom. The average molecular weight is 366 g/mol. The Morgan fingerprint density at radius 2 is 2.00 bits per heavy atom. The first kappa shape index (κ1) is 19.4. The SMILES string of the molecule is O=C(COCC(F)(F)C(F)F)N1CCC[C@H](Nc2ccc(F)cc2)C1. The highest BCUT2D eigenvalue weighted by Gasteiger charge is 2.41. The highest BCUT2D eigenvalue weighted by atomic mass is 19.3. The molecule has 1 aliphatic heterocycles. The minimum absolute atomic E-state index is 0.0781. The third-order valence-electron chi connectivity index (χ3n) is 3.83. The number of rotatable bonds is 7. The van der Waals surface area contributed by atoms with E-state index in [0.29, 0.717) is 25.2 Å². The summed E-state index contributed by atoms with van der Waals surface area (Å²) in [4.78, 5) is 13.4. The summed E-state index contributed by atoms with van der Waals surface area (Å²) in [6, 6.07) is 5.69. The van der Waals surface area contributed by atoms with E-state index in [0.717, 1.165) is 6.42 Å². The first-order valence-electron chi connectivity index (χ1n) is 7.81. The number of likely N-dealkylation sites (tertiary alicyclic amines) is 1. The lowest BCUT2D eigenvalue weighted by Crippen LogP contribution is -2.46. The maximum atomic E-state index is 12.9. The summed E-state index contributed by atoms with van der Waals surface area (Å²) >= 11 is 0. The minimum atomic E-state index is -4.27. The van der Waals surface area contributed by atoms with Gasteiger partial charge in [-0.2, -0.15) is 8.78 Å². The van der Waals surface area contributed by atoms with E-state index >= 15 is 0 Å². The summed E-state index contributed by atoms with van der Waals surface area (Å²) < 4.78 is 66.9. The number of amides is 1. The van der Waals surface area contributed by atoms with Gasteiger partial charge in [-0.3, -0.25) is 4.79 Å². The molecule has 1 amide bonds. The van der Waals surface area contributed by atoms with Gasteiger partial charge >= 0.3 is 12.3 Å². The van der Waals surface area contributed by atoms with E-state index in [4.69, 9.17) is 0 Å². The molecule has 2 rings (SSSR count). The number of piperidine rings is 1. The maximum Gasteiger partial charge on any atom is 0.330 e. The summed E-state index contributed by atoms with van der Waals surface area (Å²) in [5.74, 6) is -5.16. The number of carbonyl (C=O) groups excluding carboxylic acids is 1. The van der Waals surface area contributed by atoms with Gasteiger partial charge in [0.2, 0.25) is 5.91 Å². The summed E-state index contributed by atoms with van der Waals surface area (Å²) in [6.07, 6.45) is -2.36. The van der Waals surface area contributed by atoms with E-state index in [9.17, 15) is 26.7 Å². The number of nitrogens with zero attached hydrogens (tertiary/aromatic N) is 1. The van der Waals surface area contributed by atoms with Crippen LogP contribution in [-0.4, -0.2) is 55.5 Å². The number of hydrogen-bond donors (Lipinski definition) is 1. The lowest BCUT2D eigenvalue weighted by atomic mass is 10.1. The molecule has 1 atom stereocenters. The highest BCUT2D eigenvalue weighted by Crippen LogP contribution is 2.23. The Bertz CT molecular complexity index is 568. The van der Waals surface area contributed by atoms with E-state index in [1.54, 1.807) is 12.1 Å². The van der Waals surface area contributed by atoms with Crippen LogP contribution in [0.5, 0.6) is 0 Å². The van der Waals surface area contributed by atoms with Crippen LogP contribution in [0.2, 0.25) is 0 Å². The van der Waals surface area contributed by atoms with Crippen molar-refractivity contribution in [3.8, 4) is 0 Å². The zero-order valence-corrected chi connectivity index (χ0v) is 13.4. The number of nitrogens with one attached hydrogen (secondary N) is 1. The molecule has 0 radical (unpaired) electrons. The molecule has 1 aromatic carbocycles. The molecule has 0 bridgehead atoms. The molecule has 1 heterocycles. The van der Waals surface area contributed by atoms with Gasteiger partial charge in [0.05, 0.1) is 0 Å². The largest absolute Gasteiger partial charge is 0.381 e. The zero-order chi connectivity index (χ0) is 18.4. The molecule has 0 spiro atoms. The van der Waals surface area contributed by atoms with E-state index < -0.39 is 31.5 Å². The normalized spacial score (nSPS) is 18.5. The Balaban J connectivity index is 1.79. The fourth-order valence-corrected chi connectivity index (χ4v) is 2.53. The van der Waals surface area contributed by atoms with Crippen LogP contribution in [0.4, 0.5) is 27.6 Å². The van der Waals surface area contributed by atoms with Crippen molar-refractivity contribution >= 4 is 11.6 Å². The van der Waals surface area contributed by atoms with E-state index in [2.05, 4.69) is 10.1 Å². The Labute approximate surface area is 141 Å². The van der Waals surface area contributed by atoms with Crippen molar-refractivity contribution in [2.24, 2.45) is 0 Å². The van der Waals surface area contributed by atoms with Gasteiger partial charge in [-0.25, -0.2) is 13.2 Å². The lowest BCUT2D eigenvalue weighted by molar-refractivity contribution is -0.171. The van der Waals surface area contributed by atoms with Crippen molar-refractivity contribution in [1.82, 2.24) is 4.90 Å². The van der Waals surface area contributed by atoms with Crippen LogP contribution in [0.3, 0.4) is 0 Å². The fraction of sp³-hybridized carbons (Fsp3) is 0.562. The number of anilines is 1. The molecule has 0 aromatic heterocycles. The minimum Gasteiger partial charge on any atom is -0.381 e. The quantitative estimate of drug-likeness (QED) is 0.754. The first-order valence-corrected chi connectivity index (χ1v) is 7.81. The van der Waals surface area contributed by atoms with E-state index in [1.807, 2.05) is 0 Å². The van der Waals surface area contributed by atoms with Gasteiger partial charge in [0.25, 0.3) is 0 Å². The molecule has 4 nitrogen and oxygen atoms in total. The molecule has 0 unspecified atom stereocenters. The second-order valence-electron chi connectivity index (χ2n) is 5.88. The van der Waals surface area contributed by atoms with Gasteiger partial charge in [0.1, 0.15) is 19.0 Å². The summed E-state index contributed by atoms with van der Waals surface area (Å²) in [5, 5.41) is 3.17. The second kappa shape index (κ2) is 8.46. The second-order valence-corrected chi connectivity index (χ2v) is 5.88. The van der Waals surface area contributed by atoms with Crippen molar-refractivity contribution in [2.75, 3.05) is 31.6 Å². The predicted octanol–water partition coefficient (Wildman–Crippen LogP) is 3.15. The standard InChI is InChI=1S/C16H19F5N2O2/c17-11-3-5-12(6-4-11)22-13-2-1-7-23(8-13)14(24)9-25-10-16(20,21)15(18)19/h3-6,13,15,22H,1-2,7-10H2/t13-/m0/s1. The van der Waals surface area contributed by atoms with Crippen LogP contribution in [-0.2, 0) is 9.53 Å². The average Bonchev–Trinajstić information content (AvgIpc) is 2.57. The fourth-order valence-electron chi connectivity index (χ4n) is 2.53. The number of ether oxygens (including phenoxy) is 1. The molecule has 1 saturated heterocycles. The van der Waals surface area contributed by atoms with E-state index in [1.165, 1.54) is 17.0 Å². The smallest absolute Gasteiger partial charge is 0.330 e. The molecule has 1 aliphatic rings. The molecule has 0 aliphatic carbocycles. The Morgan fingerprint density at radius 1 is 1.32 bits per heavy atom. The summed E-state index contributed by atoms with van der Waals surface area (Å²) in [6.45, 7) is -1.41. The molecule has 140 valence electrons. The lowest BCUT2D eigenvalue weighted by Gasteiger charge is -2.33. The molecule has 1 fully saturated rings. The van der Waals surface area contributed by atoms with Crippen molar-refractivity contribution in [1.29, 1.82) is 0 Å². The monoisotopic (exact) mass is 366 g/mol. The van der Waals surface area contributed by atoms with Gasteiger partial charge < -0.3 is 15.0 Å². The van der Waals surface area contributed by atoms with Crippen LogP contribution >= 0.6 is 0 Å². The predicted molar refractivity (Wildman–Crippen MR) is 81.4 cm³/mol. The number of carbonyl (C=O) groups is 1. The molecule has 9 heteroatoms. The van der Waals surface area contributed by atoms with Crippen molar-refractivity contribution in [3.63, 3.8) is 0 Å². The van der Waals surface area contributed by atoms with Crippen LogP contribution in [0.15, 0.2) is 24.3 Å². The van der Waals surface area contributed by atoms with Crippen molar-refractivity contribution in [3.05, 3.63) is 30.1 Å². The maximum absolute atomic E-state index is 12.9. The molecular formula is C16H19F5N2O2. The molecule has 1 N–H and O–H groups in total. The molecular weight excluding hydrogens is 347 g/mol. The molecule has 1 aromatic rings. The van der Waals surface area contributed by atoms with Gasteiger partial charge in [0.15, 0.2) is 0 Å². The van der Waals surface area contributed by atoms with Gasteiger partial charge in [-0.15, -0.1) is 0 Å². The third-order valence-corrected chi connectivity index (χ3v) is 3.83. The Kier molecular flexibility index (Phi) is 6.57. The van der Waals surface area contributed by atoms with Gasteiger partial charge in [-0.05, 0) is 37.1 Å². The summed E-state index contributed by atoms with van der Waals surface area (Å²) in [7, 11) is 0. The number of halogens is 5. The number of benzene rings is 1. The number of hydrogen-bond acceptors (Lipinski definition) is 3. The Hall–Kier alpha value is -1.90. The highest BCUT2D eigenvalue weighted by molar-refractivity contribution is 5.77. The van der Waals surface area contributed by atoms with Crippen molar-refractivity contribution in [2.45, 2.75) is 31.2 Å². The number of alkyl halides is 4. The van der Waals surface area contributed by atoms with Gasteiger partial charge in [0, 0.05) is 24.8 Å². The van der Waals surface area contributed by atoms with Crippen LogP contribution in [0, 0.1) is 5.82 Å². The van der Waals surface area contributed by atoms with Gasteiger partial charge in [-0.1, -0.05) is 0 Å². The van der Waals surface area contributed by atoms with Crippen LogP contribution in [0.25, 0.3) is 0 Å². The molecule has 25 heavy (non-hydrogen) atoms. The van der Waals surface area contributed by atoms with Crippen LogP contribution < -0.4 is 5.32 Å².